The summed E-state index contributed by atoms with van der Waals surface area (Å²) in [6.07, 6.45) is 8.60. The van der Waals surface area contributed by atoms with Gasteiger partial charge in [0.15, 0.2) is 0 Å². The number of aryl methyl sites for hydroxylation is 4. The number of hydrogen-bond acceptors (Lipinski definition) is 0. The van der Waals surface area contributed by atoms with E-state index in [0.29, 0.717) is 0 Å². The molecule has 8 aromatic rings. The Hall–Kier alpha value is -4.06. The number of rotatable bonds is 9. The molecule has 0 aliphatic heterocycles. The normalized spacial score (nSPS) is 10.9. The molecule has 0 nitrogen and oxygen atoms in total. The van der Waals surface area contributed by atoms with E-state index in [1.54, 1.807) is 0 Å². The van der Waals surface area contributed by atoms with Gasteiger partial charge in [-0.2, -0.15) is 12.8 Å². The quantitative estimate of drug-likeness (QED) is 0.128. The topological polar surface area (TPSA) is 0 Å². The van der Waals surface area contributed by atoms with Gasteiger partial charge in [0.25, 0.3) is 0 Å². The zero-order chi connectivity index (χ0) is 36.5. The van der Waals surface area contributed by atoms with Crippen molar-refractivity contribution in [1.29, 1.82) is 0 Å². The molecule has 266 valence electrons. The van der Waals surface area contributed by atoms with Crippen molar-refractivity contribution in [1.82, 2.24) is 0 Å². The van der Waals surface area contributed by atoms with E-state index in [-0.39, 0.29) is 26.2 Å². The molecule has 8 rings (SSSR count). The van der Waals surface area contributed by atoms with Gasteiger partial charge < -0.3 is 13.8 Å². The molecule has 0 amide bonds. The zero-order valence-electron chi connectivity index (χ0n) is 32.3. The molecular formula is C52H54Zr. The first-order valence-corrected chi connectivity index (χ1v) is 19.5. The molecule has 0 aliphatic carbocycles. The van der Waals surface area contributed by atoms with Crippen LogP contribution in [0.5, 0.6) is 0 Å². The molecular weight excluding hydrogens is 716 g/mol. The summed E-state index contributed by atoms with van der Waals surface area (Å²) < 4.78 is 0. The van der Waals surface area contributed by atoms with E-state index < -0.39 is 0 Å². The molecule has 0 saturated carbocycles. The van der Waals surface area contributed by atoms with Crippen molar-refractivity contribution >= 4 is 43.1 Å². The predicted octanol–water partition coefficient (Wildman–Crippen LogP) is 15.2. The van der Waals surface area contributed by atoms with Gasteiger partial charge in [-0.25, -0.2) is 0 Å². The summed E-state index contributed by atoms with van der Waals surface area (Å²) >= 11 is 0. The largest absolute Gasteiger partial charge is 4.00 e. The van der Waals surface area contributed by atoms with E-state index in [1.807, 2.05) is 0 Å². The van der Waals surface area contributed by atoms with Crippen LogP contribution < -0.4 is 0 Å². The molecule has 0 bridgehead atoms. The van der Waals surface area contributed by atoms with E-state index in [4.69, 9.17) is 0 Å². The fraction of sp³-hybridized carbons (Fsp3) is 0.231. The van der Waals surface area contributed by atoms with Gasteiger partial charge in [-0.1, -0.05) is 160 Å². The van der Waals surface area contributed by atoms with Crippen LogP contribution >= 0.6 is 0 Å². The molecule has 8 aromatic carbocycles. The van der Waals surface area contributed by atoms with Crippen LogP contribution in [0.3, 0.4) is 0 Å². The Kier molecular flexibility index (Phi) is 14.6. The predicted molar refractivity (Wildman–Crippen MR) is 232 cm³/mol. The SMILES string of the molecule is CCc1[cH-]c2cccc(CCc3cccc4[cH-]c(CC)c(-c5cccc6ccccc56)c34)c2c1-c1cccc2ccccc12.[CH2-]CCC.[CH2-]CCC.[Zr+4]. The second-order valence-corrected chi connectivity index (χ2v) is 13.8. The summed E-state index contributed by atoms with van der Waals surface area (Å²) in [5, 5.41) is 10.8. The van der Waals surface area contributed by atoms with E-state index in [0.717, 1.165) is 38.5 Å². The van der Waals surface area contributed by atoms with Gasteiger partial charge in [0.2, 0.25) is 0 Å². The van der Waals surface area contributed by atoms with Crippen molar-refractivity contribution in [2.24, 2.45) is 0 Å². The second kappa shape index (κ2) is 19.3. The zero-order valence-corrected chi connectivity index (χ0v) is 34.7. The molecule has 0 spiro atoms. The number of hydrogen-bond donors (Lipinski definition) is 0. The van der Waals surface area contributed by atoms with Crippen LogP contribution in [0.4, 0.5) is 0 Å². The molecule has 0 unspecified atom stereocenters. The molecule has 53 heavy (non-hydrogen) atoms. The van der Waals surface area contributed by atoms with E-state index in [9.17, 15) is 0 Å². The maximum atomic E-state index is 3.60. The van der Waals surface area contributed by atoms with Crippen LogP contribution in [0.1, 0.15) is 75.6 Å². The molecule has 0 radical (unpaired) electrons. The molecule has 0 atom stereocenters. The second-order valence-electron chi connectivity index (χ2n) is 13.8. The van der Waals surface area contributed by atoms with E-state index in [1.165, 1.54) is 100 Å². The molecule has 0 aliphatic rings. The fourth-order valence-electron chi connectivity index (χ4n) is 7.68. The van der Waals surface area contributed by atoms with Crippen LogP contribution in [-0.2, 0) is 51.9 Å². The Morgan fingerprint density at radius 3 is 1.19 bits per heavy atom. The number of benzene rings is 6. The third-order valence-corrected chi connectivity index (χ3v) is 10.4. The van der Waals surface area contributed by atoms with Crippen molar-refractivity contribution in [3.8, 4) is 22.3 Å². The van der Waals surface area contributed by atoms with Gasteiger partial charge in [0.05, 0.1) is 0 Å². The van der Waals surface area contributed by atoms with Crippen molar-refractivity contribution in [2.45, 2.75) is 79.1 Å². The van der Waals surface area contributed by atoms with Crippen molar-refractivity contribution < 1.29 is 26.2 Å². The fourth-order valence-corrected chi connectivity index (χ4v) is 7.68. The Morgan fingerprint density at radius 2 is 0.811 bits per heavy atom. The Bertz CT molecular complexity index is 2200. The standard InChI is InChI=1S/C44H36.2C4H9.Zr/c1-3-29-27-35-19-9-17-33(41(35)43(29)39-23-11-15-31-13-5-7-21-37(31)39)25-26-34-18-10-20-36-28-30(4-2)44(42(34)36)40-24-12-16-32-14-6-8-22-38(32)40;2*1-3-4-2;/h5-24,27-28H,3-4,25-26H2,1-2H3;2*1,3-4H2,2H3;/q-2;2*-1;+4. The molecule has 0 N–H and O–H groups in total. The van der Waals surface area contributed by atoms with Gasteiger partial charge in [0.1, 0.15) is 0 Å². The van der Waals surface area contributed by atoms with E-state index >= 15 is 0 Å². The Morgan fingerprint density at radius 1 is 0.453 bits per heavy atom. The molecule has 1 heteroatoms. The van der Waals surface area contributed by atoms with Gasteiger partial charge >= 0.3 is 26.2 Å². The van der Waals surface area contributed by atoms with Crippen molar-refractivity contribution in [3.63, 3.8) is 0 Å². The molecule has 0 heterocycles. The van der Waals surface area contributed by atoms with Crippen molar-refractivity contribution in [3.05, 3.63) is 170 Å². The van der Waals surface area contributed by atoms with Crippen LogP contribution in [0.2, 0.25) is 0 Å². The summed E-state index contributed by atoms with van der Waals surface area (Å²) in [7, 11) is 0. The first kappa shape index (κ1) is 40.1. The average molecular weight is 770 g/mol. The summed E-state index contributed by atoms with van der Waals surface area (Å²) in [5.41, 5.74) is 11.3. The maximum Gasteiger partial charge on any atom is 4.00 e. The van der Waals surface area contributed by atoms with Gasteiger partial charge in [0, 0.05) is 0 Å². The third kappa shape index (κ3) is 8.53. The molecule has 0 fully saturated rings. The third-order valence-electron chi connectivity index (χ3n) is 10.4. The van der Waals surface area contributed by atoms with Gasteiger partial charge in [-0.3, -0.25) is 0 Å². The van der Waals surface area contributed by atoms with Crippen LogP contribution in [0.25, 0.3) is 65.3 Å². The average Bonchev–Trinajstić information content (AvgIpc) is 3.79. The summed E-state index contributed by atoms with van der Waals surface area (Å²) in [4.78, 5) is 0. The minimum absolute atomic E-state index is 0. The Labute approximate surface area is 338 Å². The van der Waals surface area contributed by atoms with E-state index in [2.05, 4.69) is 175 Å². The molecule has 0 saturated heterocycles. The van der Waals surface area contributed by atoms with Gasteiger partial charge in [-0.05, 0) is 47.2 Å². The molecule has 0 aromatic heterocycles. The minimum Gasteiger partial charge on any atom is -0.343 e. The Balaban J connectivity index is 0.000000550. The summed E-state index contributed by atoms with van der Waals surface area (Å²) in [6.45, 7) is 16.0. The first-order valence-electron chi connectivity index (χ1n) is 19.5. The maximum absolute atomic E-state index is 3.60. The number of fused-ring (bicyclic) bond motifs is 4. The van der Waals surface area contributed by atoms with Crippen molar-refractivity contribution in [2.75, 3.05) is 0 Å². The minimum atomic E-state index is 0. The van der Waals surface area contributed by atoms with Gasteiger partial charge in [-0.15, -0.1) is 80.2 Å². The van der Waals surface area contributed by atoms with Crippen LogP contribution in [0, 0.1) is 13.8 Å². The summed E-state index contributed by atoms with van der Waals surface area (Å²) in [6, 6.07) is 49.9. The van der Waals surface area contributed by atoms with Crippen LogP contribution in [0.15, 0.2) is 133 Å². The smallest absolute Gasteiger partial charge is 0.343 e. The monoisotopic (exact) mass is 768 g/mol. The number of unbranched alkanes of at least 4 members (excludes halogenated alkanes) is 2. The summed E-state index contributed by atoms with van der Waals surface area (Å²) in [5.74, 6) is 0. The first-order chi connectivity index (χ1) is 25.6. The van der Waals surface area contributed by atoms with Crippen LogP contribution in [-0.4, -0.2) is 0 Å².